The van der Waals surface area contributed by atoms with Crippen LogP contribution in [0.5, 0.6) is 0 Å². The number of hydrogen-bond acceptors (Lipinski definition) is 3. The fourth-order valence-electron chi connectivity index (χ4n) is 2.80. The second-order valence-electron chi connectivity index (χ2n) is 6.37. The first-order valence-electron chi connectivity index (χ1n) is 8.54. The van der Waals surface area contributed by atoms with Crippen LogP contribution in [0.2, 0.25) is 0 Å². The van der Waals surface area contributed by atoms with Gasteiger partial charge in [-0.2, -0.15) is 0 Å². The minimum absolute atomic E-state index is 0.0896. The predicted octanol–water partition coefficient (Wildman–Crippen LogP) is 4.62. The summed E-state index contributed by atoms with van der Waals surface area (Å²) < 4.78 is 6.86. The second kappa shape index (κ2) is 7.82. The summed E-state index contributed by atoms with van der Waals surface area (Å²) in [7, 11) is 0. The van der Waals surface area contributed by atoms with E-state index in [1.54, 1.807) is 10.9 Å². The first kappa shape index (κ1) is 17.7. The Morgan fingerprint density at radius 1 is 1.15 bits per heavy atom. The van der Waals surface area contributed by atoms with Crippen molar-refractivity contribution in [1.82, 2.24) is 5.27 Å². The molecule has 2 amide bonds. The highest BCUT2D eigenvalue weighted by molar-refractivity contribution is 6.04. The lowest BCUT2D eigenvalue weighted by Gasteiger charge is -2.18. The van der Waals surface area contributed by atoms with Crippen molar-refractivity contribution in [2.24, 2.45) is 0 Å². The van der Waals surface area contributed by atoms with Crippen LogP contribution >= 0.6 is 0 Å². The van der Waals surface area contributed by atoms with Crippen LogP contribution in [-0.2, 0) is 6.42 Å². The normalized spacial score (nSPS) is 11.8. The zero-order valence-electron chi connectivity index (χ0n) is 15.1. The van der Waals surface area contributed by atoms with Crippen LogP contribution in [0.3, 0.4) is 0 Å². The van der Waals surface area contributed by atoms with Crippen LogP contribution in [0.15, 0.2) is 59.3 Å². The number of nitrogens with one attached hydrogen (secondary N) is 1. The van der Waals surface area contributed by atoms with Crippen molar-refractivity contribution in [2.75, 3.05) is 5.32 Å². The van der Waals surface area contributed by atoms with Gasteiger partial charge in [-0.25, -0.2) is 0 Å². The summed E-state index contributed by atoms with van der Waals surface area (Å²) in [6.07, 6.45) is 2.45. The van der Waals surface area contributed by atoms with Crippen molar-refractivity contribution in [2.45, 2.75) is 33.2 Å². The van der Waals surface area contributed by atoms with Crippen LogP contribution in [0, 0.1) is 13.8 Å². The lowest BCUT2D eigenvalue weighted by atomic mass is 10.1. The van der Waals surface area contributed by atoms with Crippen LogP contribution < -0.4 is 10.00 Å². The van der Waals surface area contributed by atoms with Gasteiger partial charge in [-0.3, -0.25) is 4.79 Å². The summed E-state index contributed by atoms with van der Waals surface area (Å²) in [4.78, 5) is 12.2. The Morgan fingerprint density at radius 3 is 2.54 bits per heavy atom. The summed E-state index contributed by atoms with van der Waals surface area (Å²) >= 11 is 0. The number of para-hydroxylation sites is 1. The molecule has 0 radical (unpaired) electrons. The van der Waals surface area contributed by atoms with Gasteiger partial charge in [0.15, 0.2) is 17.3 Å². The Balaban J connectivity index is 1.62. The van der Waals surface area contributed by atoms with Gasteiger partial charge in [0.25, 0.3) is 0 Å². The molecule has 1 aromatic heterocycles. The van der Waals surface area contributed by atoms with E-state index >= 15 is 0 Å². The number of carbonyl (C=O) groups excluding carboxylic acids is 1. The van der Waals surface area contributed by atoms with Crippen LogP contribution in [0.1, 0.15) is 29.7 Å². The van der Waals surface area contributed by atoms with E-state index in [0.29, 0.717) is 0 Å². The van der Waals surface area contributed by atoms with Gasteiger partial charge >= 0.3 is 0 Å². The fourth-order valence-corrected chi connectivity index (χ4v) is 2.80. The Kier molecular flexibility index (Phi) is 5.31. The van der Waals surface area contributed by atoms with Crippen LogP contribution in [-0.4, -0.2) is 11.3 Å². The highest BCUT2D eigenvalue weighted by Crippen LogP contribution is 2.23. The number of aryl methyl sites for hydroxylation is 2. The highest BCUT2D eigenvalue weighted by Gasteiger charge is 2.19. The molecule has 3 aromatic rings. The zero-order chi connectivity index (χ0) is 18.5. The molecular formula is C20H22N4O2. The maximum absolute atomic E-state index is 12.2. The second-order valence-corrected chi connectivity index (χ2v) is 6.37. The van der Waals surface area contributed by atoms with Gasteiger partial charge in [0.05, 0.1) is 0 Å². The van der Waals surface area contributed by atoms with Crippen molar-refractivity contribution in [3.8, 4) is 0 Å². The van der Waals surface area contributed by atoms with Crippen molar-refractivity contribution in [3.63, 3.8) is 0 Å². The van der Waals surface area contributed by atoms with Gasteiger partial charge < -0.3 is 15.2 Å². The number of benzene rings is 2. The molecule has 0 bridgehead atoms. The van der Waals surface area contributed by atoms with Gasteiger partial charge in [0, 0.05) is 13.3 Å². The molecule has 1 atom stereocenters. The third-order valence-corrected chi connectivity index (χ3v) is 4.22. The number of amides is 2. The molecule has 1 unspecified atom stereocenters. The molecule has 2 aromatic carbocycles. The standard InChI is InChI=1S/C20H22N4O2/c1-14-8-7-9-15(2)19(14)22-20(25)21-18-13-24(23-26-18)16(3)12-17-10-5-4-6-11-17/h4-11,13,16H,12H2,1-3H3,(H-,21,22,23,25). The summed E-state index contributed by atoms with van der Waals surface area (Å²) in [6, 6.07) is 15.6. The molecule has 6 heteroatoms. The Morgan fingerprint density at radius 2 is 1.85 bits per heavy atom. The fraction of sp³-hybridized carbons (Fsp3) is 0.250. The summed E-state index contributed by atoms with van der Waals surface area (Å²) in [5.74, 6) is 0.175. The van der Waals surface area contributed by atoms with Crippen LogP contribution in [0.25, 0.3) is 5.32 Å². The molecule has 0 saturated heterocycles. The zero-order valence-corrected chi connectivity index (χ0v) is 15.1. The van der Waals surface area contributed by atoms with Crippen molar-refractivity contribution in [3.05, 3.63) is 76.7 Å². The van der Waals surface area contributed by atoms with Gasteiger partial charge in [-0.15, -0.1) is 0 Å². The molecule has 0 spiro atoms. The minimum Gasteiger partial charge on any atom is -0.423 e. The quantitative estimate of drug-likeness (QED) is 0.682. The van der Waals surface area contributed by atoms with E-state index in [2.05, 4.69) is 28.0 Å². The molecule has 134 valence electrons. The molecule has 0 aliphatic heterocycles. The van der Waals surface area contributed by atoms with Gasteiger partial charge in [-0.1, -0.05) is 48.5 Å². The van der Waals surface area contributed by atoms with Gasteiger partial charge in [0.1, 0.15) is 0 Å². The molecule has 0 aliphatic carbocycles. The number of anilines is 1. The number of urea groups is 1. The average molecular weight is 350 g/mol. The molecule has 1 heterocycles. The summed E-state index contributed by atoms with van der Waals surface area (Å²) in [6.45, 7) is 5.92. The van der Waals surface area contributed by atoms with Crippen LogP contribution in [0.4, 0.5) is 16.4 Å². The Hall–Kier alpha value is -3.15. The van der Waals surface area contributed by atoms with E-state index in [-0.39, 0.29) is 11.9 Å². The summed E-state index contributed by atoms with van der Waals surface area (Å²) in [5, 5.41) is 10.7. The maximum atomic E-state index is 12.2. The predicted molar refractivity (Wildman–Crippen MR) is 99.5 cm³/mol. The molecule has 0 fully saturated rings. The third-order valence-electron chi connectivity index (χ3n) is 4.22. The largest absolute Gasteiger partial charge is 0.423 e. The van der Waals surface area contributed by atoms with Crippen molar-refractivity contribution < 1.29 is 14.0 Å². The van der Waals surface area contributed by atoms with E-state index in [0.717, 1.165) is 23.2 Å². The smallest absolute Gasteiger partial charge is 0.241 e. The SMILES string of the molecule is Cc1cccc(C)c1NC(=O)[N-]c1c[n+](C(C)Cc2ccccc2)no1. The topological polar surface area (TPSA) is 73.1 Å². The molecule has 0 saturated carbocycles. The monoisotopic (exact) mass is 350 g/mol. The number of hydrogen-bond donors (Lipinski definition) is 1. The Labute approximate surface area is 152 Å². The van der Waals surface area contributed by atoms with Crippen molar-refractivity contribution in [1.29, 1.82) is 0 Å². The first-order valence-corrected chi connectivity index (χ1v) is 8.54. The molecule has 3 rings (SSSR count). The molecule has 26 heavy (non-hydrogen) atoms. The maximum Gasteiger partial charge on any atom is 0.241 e. The number of nitrogens with zero attached hydrogens (tertiary/aromatic N) is 3. The lowest BCUT2D eigenvalue weighted by molar-refractivity contribution is -0.782. The first-order chi connectivity index (χ1) is 12.5. The van der Waals surface area contributed by atoms with E-state index in [4.69, 9.17) is 4.52 Å². The van der Waals surface area contributed by atoms with Gasteiger partial charge in [0.2, 0.25) is 12.1 Å². The highest BCUT2D eigenvalue weighted by atomic mass is 16.5. The van der Waals surface area contributed by atoms with Crippen molar-refractivity contribution >= 4 is 17.6 Å². The third kappa shape index (κ3) is 4.27. The summed E-state index contributed by atoms with van der Waals surface area (Å²) in [5.41, 5.74) is 3.95. The minimum atomic E-state index is -0.485. The number of aromatic nitrogens is 2. The lowest BCUT2D eigenvalue weighted by Crippen LogP contribution is -2.39. The molecular weight excluding hydrogens is 328 g/mol. The van der Waals surface area contributed by atoms with E-state index < -0.39 is 6.03 Å². The molecule has 0 aliphatic rings. The molecule has 1 N–H and O–H groups in total. The van der Waals surface area contributed by atoms with Gasteiger partial charge in [-0.05, 0) is 40.9 Å². The number of rotatable bonds is 5. The van der Waals surface area contributed by atoms with E-state index in [1.807, 2.05) is 57.2 Å². The number of carbonyl (C=O) groups is 1. The Bertz CT molecular complexity index is 870. The molecule has 6 nitrogen and oxygen atoms in total. The van der Waals surface area contributed by atoms with E-state index in [9.17, 15) is 4.79 Å². The van der Waals surface area contributed by atoms with E-state index in [1.165, 1.54) is 5.56 Å². The average Bonchev–Trinajstić information content (AvgIpc) is 3.08.